The minimum atomic E-state index is -5.08. The molecule has 0 saturated carbocycles. The number of rotatable bonds is 5. The molecular weight excluding hydrogens is 677 g/mol. The number of aromatic nitrogens is 4. The molecule has 2 aromatic carbocycles. The lowest BCUT2D eigenvalue weighted by Gasteiger charge is -2.22. The number of nitrogens with one attached hydrogen (secondary N) is 2. The number of nitrogen functional groups attached to an aromatic ring is 1. The van der Waals surface area contributed by atoms with Crippen LogP contribution in [0, 0.1) is 0 Å². The summed E-state index contributed by atoms with van der Waals surface area (Å²) in [5.74, 6) is -2.44. The van der Waals surface area contributed by atoms with Crippen molar-refractivity contribution in [3.05, 3.63) is 72.2 Å². The molecule has 3 aromatic heterocycles. The Kier molecular flexibility index (Phi) is 9.49. The van der Waals surface area contributed by atoms with Gasteiger partial charge in [0.15, 0.2) is 5.58 Å². The van der Waals surface area contributed by atoms with Crippen LogP contribution < -0.4 is 16.4 Å². The van der Waals surface area contributed by atoms with Crippen LogP contribution in [0.3, 0.4) is 0 Å². The van der Waals surface area contributed by atoms with E-state index in [2.05, 4.69) is 25.7 Å². The first kappa shape index (κ1) is 35.0. The number of oxazole rings is 1. The third-order valence-corrected chi connectivity index (χ3v) is 7.27. The van der Waals surface area contributed by atoms with E-state index in [4.69, 9.17) is 20.1 Å². The zero-order valence-corrected chi connectivity index (χ0v) is 24.7. The Morgan fingerprint density at radius 1 is 0.898 bits per heavy atom. The maximum Gasteiger partial charge on any atom is 0.490 e. The summed E-state index contributed by atoms with van der Waals surface area (Å²) >= 11 is 0. The number of nitrogens with zero attached hydrogens (tertiary/aromatic N) is 4. The number of alkyl halides is 9. The molecule has 5 N–H and O–H groups in total. The fourth-order valence-electron chi connectivity index (χ4n) is 4.87. The number of carboxylic acids is 1. The van der Waals surface area contributed by atoms with E-state index in [0.717, 1.165) is 37.1 Å². The predicted molar refractivity (Wildman–Crippen MR) is 157 cm³/mol. The van der Waals surface area contributed by atoms with Gasteiger partial charge in [0.1, 0.15) is 11.3 Å². The van der Waals surface area contributed by atoms with E-state index >= 15 is 0 Å². The molecule has 19 heteroatoms. The molecule has 0 unspecified atom stereocenters. The molecule has 1 aliphatic heterocycles. The molecule has 0 radical (unpaired) electrons. The van der Waals surface area contributed by atoms with Crippen LogP contribution >= 0.6 is 0 Å². The highest BCUT2D eigenvalue weighted by Gasteiger charge is 2.38. The Hall–Kier alpha value is -5.33. The molecule has 0 amide bonds. The van der Waals surface area contributed by atoms with E-state index in [1.807, 2.05) is 10.9 Å². The molecule has 10 nitrogen and oxygen atoms in total. The normalized spacial score (nSPS) is 14.4. The van der Waals surface area contributed by atoms with Crippen molar-refractivity contribution in [2.45, 2.75) is 37.4 Å². The molecule has 0 spiro atoms. The SMILES string of the molecule is Nc1ncc(-c2cnn(C3CCNCC3)c2)cc1-c1nc2ccc(Nc3cc(C(F)(F)F)cc(C(F)(F)F)c3)cc2o1.O=C(O)C(F)(F)F. The van der Waals surface area contributed by atoms with Gasteiger partial charge < -0.3 is 25.9 Å². The Labute approximate surface area is 269 Å². The number of hydrogen-bond acceptors (Lipinski definition) is 8. The summed E-state index contributed by atoms with van der Waals surface area (Å²) in [5, 5.41) is 17.6. The van der Waals surface area contributed by atoms with E-state index in [9.17, 15) is 39.5 Å². The minimum absolute atomic E-state index is 0.0716. The van der Waals surface area contributed by atoms with Gasteiger partial charge in [-0.25, -0.2) is 14.8 Å². The number of carboxylic acid groups (broad SMARTS) is 1. The summed E-state index contributed by atoms with van der Waals surface area (Å²) in [6.07, 6.45) is -7.73. The summed E-state index contributed by atoms with van der Waals surface area (Å²) in [6, 6.07) is 7.79. The number of pyridine rings is 1. The highest BCUT2D eigenvalue weighted by atomic mass is 19.4. The maximum atomic E-state index is 13.3. The molecule has 0 atom stereocenters. The number of benzene rings is 2. The van der Waals surface area contributed by atoms with E-state index < -0.39 is 35.6 Å². The first-order valence-corrected chi connectivity index (χ1v) is 14.2. The van der Waals surface area contributed by atoms with Gasteiger partial charge in [-0.3, -0.25) is 4.68 Å². The second-order valence-corrected chi connectivity index (χ2v) is 10.8. The van der Waals surface area contributed by atoms with Crippen LogP contribution in [0.1, 0.15) is 30.0 Å². The molecule has 1 aliphatic rings. The Bertz CT molecular complexity index is 1930. The first-order chi connectivity index (χ1) is 22.9. The van der Waals surface area contributed by atoms with Crippen molar-refractivity contribution in [2.75, 3.05) is 24.1 Å². The van der Waals surface area contributed by atoms with Gasteiger partial charge in [0.2, 0.25) is 5.89 Å². The van der Waals surface area contributed by atoms with Gasteiger partial charge >= 0.3 is 24.5 Å². The quantitative estimate of drug-likeness (QED) is 0.136. The Morgan fingerprint density at radius 3 is 2.12 bits per heavy atom. The average Bonchev–Trinajstić information content (AvgIpc) is 3.68. The summed E-state index contributed by atoms with van der Waals surface area (Å²) in [4.78, 5) is 17.6. The summed E-state index contributed by atoms with van der Waals surface area (Å²) in [6.45, 7) is 1.86. The molecular formula is C30H24F9N7O3. The molecule has 260 valence electrons. The van der Waals surface area contributed by atoms with Crippen LogP contribution in [0.25, 0.3) is 33.7 Å². The van der Waals surface area contributed by atoms with Crippen LogP contribution in [-0.4, -0.2) is 50.1 Å². The third kappa shape index (κ3) is 8.40. The lowest BCUT2D eigenvalue weighted by Crippen LogP contribution is -2.29. The predicted octanol–water partition coefficient (Wildman–Crippen LogP) is 7.67. The van der Waals surface area contributed by atoms with Crippen molar-refractivity contribution in [2.24, 2.45) is 0 Å². The second kappa shape index (κ2) is 13.3. The zero-order chi connectivity index (χ0) is 35.7. The molecule has 49 heavy (non-hydrogen) atoms. The van der Waals surface area contributed by atoms with Crippen molar-refractivity contribution >= 4 is 34.3 Å². The fourth-order valence-corrected chi connectivity index (χ4v) is 4.87. The molecule has 0 aliphatic carbocycles. The minimum Gasteiger partial charge on any atom is -0.475 e. The number of nitrogens with two attached hydrogens (primary N) is 1. The monoisotopic (exact) mass is 701 g/mol. The third-order valence-electron chi connectivity index (χ3n) is 7.27. The van der Waals surface area contributed by atoms with Crippen LogP contribution in [0.15, 0.2) is 65.5 Å². The number of carbonyl (C=O) groups is 1. The molecule has 1 fully saturated rings. The number of halogens is 9. The standard InChI is InChI=1S/C28H23F6N7O.C2HF3O2/c29-27(30,31)17-8-18(28(32,33)34)10-20(9-17)39-19-1-2-23-24(11-19)42-26(40-23)22-7-15(12-37-25(22)35)16-13-38-41(14-16)21-3-5-36-6-4-21;3-2(4,5)1(6)7/h1-2,7-14,21,36,39H,3-6H2,(H2,35,37);(H,6,7). The van der Waals surface area contributed by atoms with Crippen molar-refractivity contribution in [1.29, 1.82) is 0 Å². The Balaban J connectivity index is 0.000000606. The van der Waals surface area contributed by atoms with Gasteiger partial charge in [-0.15, -0.1) is 0 Å². The molecule has 0 bridgehead atoms. The van der Waals surface area contributed by atoms with E-state index in [1.54, 1.807) is 18.5 Å². The number of aliphatic carboxylic acids is 1. The smallest absolute Gasteiger partial charge is 0.475 e. The average molecular weight is 702 g/mol. The number of piperidine rings is 1. The van der Waals surface area contributed by atoms with Crippen LogP contribution in [-0.2, 0) is 17.1 Å². The van der Waals surface area contributed by atoms with Gasteiger partial charge in [-0.2, -0.15) is 44.6 Å². The van der Waals surface area contributed by atoms with Gasteiger partial charge in [-0.1, -0.05) is 0 Å². The highest BCUT2D eigenvalue weighted by molar-refractivity contribution is 5.83. The summed E-state index contributed by atoms with van der Waals surface area (Å²) in [7, 11) is 0. The molecule has 1 saturated heterocycles. The topological polar surface area (TPSA) is 144 Å². The van der Waals surface area contributed by atoms with Crippen LogP contribution in [0.5, 0.6) is 0 Å². The highest BCUT2D eigenvalue weighted by Crippen LogP contribution is 2.39. The molecule has 4 heterocycles. The van der Waals surface area contributed by atoms with Crippen molar-refractivity contribution in [3.8, 4) is 22.6 Å². The lowest BCUT2D eigenvalue weighted by molar-refractivity contribution is -0.192. The summed E-state index contributed by atoms with van der Waals surface area (Å²) in [5.41, 5.74) is 5.74. The first-order valence-electron chi connectivity index (χ1n) is 14.2. The number of hydrogen-bond donors (Lipinski definition) is 4. The fraction of sp³-hybridized carbons (Fsp3) is 0.267. The largest absolute Gasteiger partial charge is 0.490 e. The van der Waals surface area contributed by atoms with Crippen molar-refractivity contribution in [1.82, 2.24) is 25.1 Å². The van der Waals surface area contributed by atoms with Crippen LogP contribution in [0.2, 0.25) is 0 Å². The van der Waals surface area contributed by atoms with Gasteiger partial charge in [0.05, 0.1) is 28.9 Å². The zero-order valence-electron chi connectivity index (χ0n) is 24.7. The number of anilines is 3. The van der Waals surface area contributed by atoms with Crippen LogP contribution in [0.4, 0.5) is 56.7 Å². The van der Waals surface area contributed by atoms with Crippen molar-refractivity contribution < 1.29 is 53.8 Å². The number of fused-ring (bicyclic) bond motifs is 1. The maximum absolute atomic E-state index is 13.3. The summed E-state index contributed by atoms with van der Waals surface area (Å²) < 4.78 is 119. The van der Waals surface area contributed by atoms with E-state index in [-0.39, 0.29) is 34.7 Å². The van der Waals surface area contributed by atoms with E-state index in [0.29, 0.717) is 29.3 Å². The van der Waals surface area contributed by atoms with Gasteiger partial charge in [0, 0.05) is 41.0 Å². The molecule has 5 aromatic rings. The van der Waals surface area contributed by atoms with Crippen molar-refractivity contribution in [3.63, 3.8) is 0 Å². The Morgan fingerprint density at radius 2 is 1.53 bits per heavy atom. The van der Waals surface area contributed by atoms with Gasteiger partial charge in [0.25, 0.3) is 0 Å². The van der Waals surface area contributed by atoms with E-state index in [1.165, 1.54) is 18.2 Å². The van der Waals surface area contributed by atoms with Gasteiger partial charge in [-0.05, 0) is 62.3 Å². The lowest BCUT2D eigenvalue weighted by atomic mass is 10.1. The molecule has 6 rings (SSSR count). The second-order valence-electron chi connectivity index (χ2n) is 10.8.